The van der Waals surface area contributed by atoms with E-state index in [9.17, 15) is 0 Å². The lowest BCUT2D eigenvalue weighted by molar-refractivity contribution is 0.103. The molecule has 5 nitrogen and oxygen atoms in total. The van der Waals surface area contributed by atoms with E-state index in [-0.39, 0.29) is 12.1 Å². The number of hydrogen-bond acceptors (Lipinski definition) is 5. The summed E-state index contributed by atoms with van der Waals surface area (Å²) in [6, 6.07) is 0.901. The second-order valence-corrected chi connectivity index (χ2v) is 6.44. The molecule has 2 aliphatic heterocycles. The Labute approximate surface area is 119 Å². The summed E-state index contributed by atoms with van der Waals surface area (Å²) in [5, 5.41) is 7.86. The van der Waals surface area contributed by atoms with E-state index in [1.54, 1.807) is 0 Å². The number of fused-ring (bicyclic) bond motifs is 1. The van der Waals surface area contributed by atoms with Crippen molar-refractivity contribution in [2.24, 2.45) is 5.92 Å². The van der Waals surface area contributed by atoms with Crippen molar-refractivity contribution in [2.45, 2.75) is 69.6 Å². The first kappa shape index (κ1) is 12.8. The fourth-order valence-corrected chi connectivity index (χ4v) is 3.99. The Balaban J connectivity index is 1.45. The Bertz CT molecular complexity index is 456. The fraction of sp³-hybridized carbons (Fsp3) is 0.867. The summed E-state index contributed by atoms with van der Waals surface area (Å²) in [5.74, 6) is 2.37. The number of hydrogen-bond donors (Lipinski definition) is 1. The molecule has 0 radical (unpaired) electrons. The number of aromatic nitrogens is 2. The minimum atomic E-state index is 0.0542. The van der Waals surface area contributed by atoms with E-state index in [1.807, 2.05) is 0 Å². The molecule has 0 spiro atoms. The van der Waals surface area contributed by atoms with Crippen LogP contribution >= 0.6 is 0 Å². The minimum absolute atomic E-state index is 0.0542. The predicted molar refractivity (Wildman–Crippen MR) is 73.1 cm³/mol. The van der Waals surface area contributed by atoms with Crippen molar-refractivity contribution < 1.29 is 9.26 Å². The van der Waals surface area contributed by atoms with E-state index >= 15 is 0 Å². The zero-order chi connectivity index (χ0) is 13.4. The molecule has 1 aromatic heterocycles. The van der Waals surface area contributed by atoms with E-state index in [4.69, 9.17) is 9.26 Å². The quantitative estimate of drug-likeness (QED) is 0.900. The second-order valence-electron chi connectivity index (χ2n) is 6.44. The number of piperidine rings is 1. The molecule has 3 aliphatic rings. The molecule has 0 aromatic carbocycles. The Morgan fingerprint density at radius 1 is 1.00 bits per heavy atom. The topological polar surface area (TPSA) is 60.2 Å². The summed E-state index contributed by atoms with van der Waals surface area (Å²) in [5.41, 5.74) is 0. The summed E-state index contributed by atoms with van der Waals surface area (Å²) in [6.45, 7) is 0.819. The van der Waals surface area contributed by atoms with Gasteiger partial charge in [-0.25, -0.2) is 0 Å². The van der Waals surface area contributed by atoms with Gasteiger partial charge in [0.25, 0.3) is 0 Å². The van der Waals surface area contributed by atoms with Crippen molar-refractivity contribution in [3.8, 4) is 0 Å². The zero-order valence-corrected chi connectivity index (χ0v) is 11.9. The third-order valence-corrected chi connectivity index (χ3v) is 5.12. The van der Waals surface area contributed by atoms with Crippen LogP contribution in [0, 0.1) is 5.92 Å². The van der Waals surface area contributed by atoms with Crippen LogP contribution in [0.5, 0.6) is 0 Å². The molecule has 0 bridgehead atoms. The molecule has 4 rings (SSSR count). The standard InChI is InChI=1S/C15H23N3O2/c1-2-5-11-10(4-1)7-8-12(16-11)15-17-14(18-20-15)13-6-3-9-19-13/h10-13,16H,1-9H2. The summed E-state index contributed by atoms with van der Waals surface area (Å²) >= 11 is 0. The summed E-state index contributed by atoms with van der Waals surface area (Å²) in [4.78, 5) is 4.59. The summed E-state index contributed by atoms with van der Waals surface area (Å²) < 4.78 is 11.1. The number of ether oxygens (including phenoxy) is 1. The van der Waals surface area contributed by atoms with Crippen molar-refractivity contribution in [3.05, 3.63) is 11.7 Å². The molecule has 20 heavy (non-hydrogen) atoms. The average Bonchev–Trinajstić information content (AvgIpc) is 3.17. The van der Waals surface area contributed by atoms with Crippen LogP contribution in [0.25, 0.3) is 0 Å². The molecule has 1 N–H and O–H groups in total. The fourth-order valence-electron chi connectivity index (χ4n) is 3.99. The monoisotopic (exact) mass is 277 g/mol. The van der Waals surface area contributed by atoms with Gasteiger partial charge in [-0.15, -0.1) is 0 Å². The molecule has 3 fully saturated rings. The average molecular weight is 277 g/mol. The van der Waals surface area contributed by atoms with Gasteiger partial charge in [-0.3, -0.25) is 0 Å². The first-order valence-electron chi connectivity index (χ1n) is 8.11. The van der Waals surface area contributed by atoms with E-state index in [1.165, 1.54) is 32.1 Å². The Morgan fingerprint density at radius 3 is 2.85 bits per heavy atom. The van der Waals surface area contributed by atoms with E-state index in [0.717, 1.165) is 43.5 Å². The highest BCUT2D eigenvalue weighted by molar-refractivity contribution is 5.01. The molecule has 4 atom stereocenters. The van der Waals surface area contributed by atoms with Gasteiger partial charge >= 0.3 is 0 Å². The smallest absolute Gasteiger partial charge is 0.243 e. The van der Waals surface area contributed by atoms with Crippen LogP contribution in [0.3, 0.4) is 0 Å². The van der Waals surface area contributed by atoms with Gasteiger partial charge < -0.3 is 14.6 Å². The largest absolute Gasteiger partial charge is 0.370 e. The van der Waals surface area contributed by atoms with E-state index in [2.05, 4.69) is 15.5 Å². The molecule has 1 aromatic rings. The van der Waals surface area contributed by atoms with Gasteiger partial charge in [0, 0.05) is 12.6 Å². The Kier molecular flexibility index (Phi) is 3.48. The third kappa shape index (κ3) is 2.37. The molecular formula is C15H23N3O2. The molecule has 3 heterocycles. The number of nitrogens with zero attached hydrogens (tertiary/aromatic N) is 2. The predicted octanol–water partition coefficient (Wildman–Crippen LogP) is 2.90. The van der Waals surface area contributed by atoms with Gasteiger partial charge in [0.05, 0.1) is 6.04 Å². The lowest BCUT2D eigenvalue weighted by atomic mass is 9.78. The van der Waals surface area contributed by atoms with Crippen molar-refractivity contribution >= 4 is 0 Å². The van der Waals surface area contributed by atoms with Crippen LogP contribution < -0.4 is 5.32 Å². The maximum absolute atomic E-state index is 5.62. The zero-order valence-electron chi connectivity index (χ0n) is 11.9. The highest BCUT2D eigenvalue weighted by Crippen LogP contribution is 2.37. The van der Waals surface area contributed by atoms with Crippen LogP contribution in [-0.4, -0.2) is 22.8 Å². The molecule has 0 amide bonds. The van der Waals surface area contributed by atoms with Gasteiger partial charge in [-0.1, -0.05) is 18.0 Å². The van der Waals surface area contributed by atoms with Gasteiger partial charge in [0.2, 0.25) is 11.7 Å². The SMILES string of the molecule is C1COC(c2noc(C3CCC4CCCCC4N3)n2)C1. The number of rotatable bonds is 2. The van der Waals surface area contributed by atoms with Crippen LogP contribution in [0.1, 0.15) is 75.2 Å². The summed E-state index contributed by atoms with van der Waals surface area (Å²) in [7, 11) is 0. The van der Waals surface area contributed by atoms with Crippen molar-refractivity contribution in [1.82, 2.24) is 15.5 Å². The Morgan fingerprint density at radius 2 is 1.95 bits per heavy atom. The first-order chi connectivity index (χ1) is 9.90. The second kappa shape index (κ2) is 5.45. The molecule has 110 valence electrons. The van der Waals surface area contributed by atoms with Crippen LogP contribution in [0.15, 0.2) is 4.52 Å². The maximum Gasteiger partial charge on any atom is 0.243 e. The highest BCUT2D eigenvalue weighted by atomic mass is 16.5. The highest BCUT2D eigenvalue weighted by Gasteiger charge is 2.35. The van der Waals surface area contributed by atoms with Crippen molar-refractivity contribution in [2.75, 3.05) is 6.61 Å². The molecule has 2 saturated heterocycles. The van der Waals surface area contributed by atoms with E-state index in [0.29, 0.717) is 6.04 Å². The van der Waals surface area contributed by atoms with Crippen molar-refractivity contribution in [3.63, 3.8) is 0 Å². The maximum atomic E-state index is 5.62. The van der Waals surface area contributed by atoms with Crippen LogP contribution in [0.4, 0.5) is 0 Å². The van der Waals surface area contributed by atoms with Gasteiger partial charge in [0.1, 0.15) is 6.10 Å². The lowest BCUT2D eigenvalue weighted by Crippen LogP contribution is -2.44. The minimum Gasteiger partial charge on any atom is -0.370 e. The van der Waals surface area contributed by atoms with Crippen molar-refractivity contribution in [1.29, 1.82) is 0 Å². The molecular weight excluding hydrogens is 254 g/mol. The molecule has 1 saturated carbocycles. The Hall–Kier alpha value is -0.940. The van der Waals surface area contributed by atoms with Gasteiger partial charge in [0.15, 0.2) is 0 Å². The van der Waals surface area contributed by atoms with E-state index < -0.39 is 0 Å². The number of nitrogens with one attached hydrogen (secondary N) is 1. The molecule has 5 heteroatoms. The third-order valence-electron chi connectivity index (χ3n) is 5.12. The molecule has 4 unspecified atom stereocenters. The van der Waals surface area contributed by atoms with Crippen LogP contribution in [0.2, 0.25) is 0 Å². The van der Waals surface area contributed by atoms with Gasteiger partial charge in [-0.05, 0) is 44.4 Å². The van der Waals surface area contributed by atoms with Crippen LogP contribution in [-0.2, 0) is 4.74 Å². The summed E-state index contributed by atoms with van der Waals surface area (Å²) in [6.07, 6.45) is 10.0. The lowest BCUT2D eigenvalue weighted by Gasteiger charge is -2.39. The normalized spacial score (nSPS) is 37.8. The first-order valence-corrected chi connectivity index (χ1v) is 8.11. The molecule has 1 aliphatic carbocycles. The van der Waals surface area contributed by atoms with Gasteiger partial charge in [-0.2, -0.15) is 4.98 Å².